The highest BCUT2D eigenvalue weighted by Crippen LogP contribution is 2.23. The Labute approximate surface area is 114 Å². The van der Waals surface area contributed by atoms with Crippen LogP contribution in [0.25, 0.3) is 0 Å². The van der Waals surface area contributed by atoms with Gasteiger partial charge in [-0.1, -0.05) is 60.2 Å². The van der Waals surface area contributed by atoms with Gasteiger partial charge < -0.3 is 4.74 Å². The van der Waals surface area contributed by atoms with Crippen molar-refractivity contribution in [2.24, 2.45) is 0 Å². The highest BCUT2D eigenvalue weighted by atomic mass is 16.5. The number of benzene rings is 2. The van der Waals surface area contributed by atoms with Gasteiger partial charge >= 0.3 is 5.97 Å². The van der Waals surface area contributed by atoms with Crippen molar-refractivity contribution < 1.29 is 9.53 Å². The monoisotopic (exact) mass is 254 g/mol. The quantitative estimate of drug-likeness (QED) is 0.775. The van der Waals surface area contributed by atoms with Crippen LogP contribution in [0.15, 0.2) is 54.6 Å². The molecule has 0 aliphatic rings. The first-order valence-electron chi connectivity index (χ1n) is 6.43. The molecule has 19 heavy (non-hydrogen) atoms. The minimum absolute atomic E-state index is 0.222. The summed E-state index contributed by atoms with van der Waals surface area (Å²) in [6, 6.07) is 18.2. The predicted octanol–water partition coefficient (Wildman–Crippen LogP) is 3.84. The third kappa shape index (κ3) is 3.95. The van der Waals surface area contributed by atoms with Crippen LogP contribution in [0, 0.1) is 6.92 Å². The highest BCUT2D eigenvalue weighted by molar-refractivity contribution is 5.66. The molecule has 0 aromatic heterocycles. The van der Waals surface area contributed by atoms with Gasteiger partial charge in [-0.15, -0.1) is 0 Å². The van der Waals surface area contributed by atoms with Crippen LogP contribution in [0.5, 0.6) is 0 Å². The Bertz CT molecular complexity index is 546. The van der Waals surface area contributed by atoms with Gasteiger partial charge in [-0.3, -0.25) is 4.79 Å². The van der Waals surface area contributed by atoms with E-state index in [2.05, 4.69) is 6.07 Å². The van der Waals surface area contributed by atoms with E-state index in [1.165, 1.54) is 12.5 Å². The number of ether oxygens (including phenoxy) is 1. The maximum absolute atomic E-state index is 11.3. The van der Waals surface area contributed by atoms with Gasteiger partial charge in [-0.25, -0.2) is 0 Å². The number of rotatable bonds is 4. The van der Waals surface area contributed by atoms with Crippen LogP contribution < -0.4 is 0 Å². The smallest absolute Gasteiger partial charge is 0.303 e. The van der Waals surface area contributed by atoms with E-state index in [1.807, 2.05) is 55.5 Å². The first kappa shape index (κ1) is 13.3. The summed E-state index contributed by atoms with van der Waals surface area (Å²) >= 11 is 0. The molecule has 2 rings (SSSR count). The van der Waals surface area contributed by atoms with Crippen LogP contribution >= 0.6 is 0 Å². The van der Waals surface area contributed by atoms with Gasteiger partial charge in [0.2, 0.25) is 0 Å². The minimum Gasteiger partial charge on any atom is -0.457 e. The molecule has 0 amide bonds. The number of hydrogen-bond donors (Lipinski definition) is 0. The maximum atomic E-state index is 11.3. The van der Waals surface area contributed by atoms with E-state index >= 15 is 0 Å². The number of esters is 1. The second-order valence-electron chi connectivity index (χ2n) is 4.70. The molecule has 0 N–H and O–H groups in total. The van der Waals surface area contributed by atoms with Crippen LogP contribution in [-0.4, -0.2) is 5.97 Å². The lowest BCUT2D eigenvalue weighted by Crippen LogP contribution is -2.11. The number of aryl methyl sites for hydroxylation is 1. The van der Waals surface area contributed by atoms with Crippen molar-refractivity contribution >= 4 is 5.97 Å². The fourth-order valence-electron chi connectivity index (χ4n) is 2.13. The molecular weight excluding hydrogens is 236 g/mol. The lowest BCUT2D eigenvalue weighted by Gasteiger charge is -2.18. The van der Waals surface area contributed by atoms with Crippen molar-refractivity contribution in [3.05, 3.63) is 71.3 Å². The van der Waals surface area contributed by atoms with Gasteiger partial charge in [-0.2, -0.15) is 0 Å². The molecule has 2 aromatic carbocycles. The van der Waals surface area contributed by atoms with Crippen molar-refractivity contribution in [2.75, 3.05) is 0 Å². The lowest BCUT2D eigenvalue weighted by molar-refractivity contribution is -0.146. The third-order valence-electron chi connectivity index (χ3n) is 2.99. The zero-order valence-electron chi connectivity index (χ0n) is 11.3. The Morgan fingerprint density at radius 2 is 1.84 bits per heavy atom. The van der Waals surface area contributed by atoms with E-state index in [1.54, 1.807) is 0 Å². The van der Waals surface area contributed by atoms with Crippen molar-refractivity contribution in [2.45, 2.75) is 26.4 Å². The van der Waals surface area contributed by atoms with Crippen LogP contribution in [0.2, 0.25) is 0 Å². The number of carbonyl (C=O) groups is 1. The van der Waals surface area contributed by atoms with Crippen LogP contribution in [0.3, 0.4) is 0 Å². The molecule has 2 aromatic rings. The Balaban J connectivity index is 2.23. The second kappa shape index (κ2) is 6.19. The van der Waals surface area contributed by atoms with Crippen LogP contribution in [0.4, 0.5) is 0 Å². The van der Waals surface area contributed by atoms with Crippen molar-refractivity contribution in [3.8, 4) is 0 Å². The molecule has 0 bridgehead atoms. The molecule has 0 saturated heterocycles. The molecule has 0 unspecified atom stereocenters. The number of hydrogen-bond acceptors (Lipinski definition) is 2. The van der Waals surface area contributed by atoms with Crippen LogP contribution in [0.1, 0.15) is 29.7 Å². The fourth-order valence-corrected chi connectivity index (χ4v) is 2.13. The van der Waals surface area contributed by atoms with E-state index in [-0.39, 0.29) is 12.1 Å². The molecule has 0 spiro atoms. The molecule has 0 heterocycles. The largest absolute Gasteiger partial charge is 0.457 e. The highest BCUT2D eigenvalue weighted by Gasteiger charge is 2.15. The first-order chi connectivity index (χ1) is 9.15. The Kier molecular flexibility index (Phi) is 4.35. The molecular formula is C17H18O2. The predicted molar refractivity (Wildman–Crippen MR) is 75.8 cm³/mol. The molecule has 0 aliphatic carbocycles. The average Bonchev–Trinajstić information content (AvgIpc) is 2.39. The molecule has 2 nitrogen and oxygen atoms in total. The summed E-state index contributed by atoms with van der Waals surface area (Å²) in [7, 11) is 0. The fraction of sp³-hybridized carbons (Fsp3) is 0.235. The van der Waals surface area contributed by atoms with Gasteiger partial charge in [-0.05, 0) is 18.1 Å². The normalized spacial score (nSPS) is 11.9. The average molecular weight is 254 g/mol. The summed E-state index contributed by atoms with van der Waals surface area (Å²) in [4.78, 5) is 11.3. The van der Waals surface area contributed by atoms with E-state index in [0.29, 0.717) is 6.42 Å². The van der Waals surface area contributed by atoms with Gasteiger partial charge in [0.1, 0.15) is 6.10 Å². The van der Waals surface area contributed by atoms with Crippen LogP contribution in [-0.2, 0) is 16.0 Å². The zero-order valence-corrected chi connectivity index (χ0v) is 11.3. The van der Waals surface area contributed by atoms with E-state index < -0.39 is 0 Å². The van der Waals surface area contributed by atoms with Crippen molar-refractivity contribution in [1.82, 2.24) is 0 Å². The third-order valence-corrected chi connectivity index (χ3v) is 2.99. The summed E-state index contributed by atoms with van der Waals surface area (Å²) in [5.74, 6) is -0.248. The van der Waals surface area contributed by atoms with Crippen molar-refractivity contribution in [1.29, 1.82) is 0 Å². The SMILES string of the molecule is CC(=O)O[C@H](Cc1ccccc1)c1cccc(C)c1. The zero-order chi connectivity index (χ0) is 13.7. The molecule has 98 valence electrons. The van der Waals surface area contributed by atoms with Gasteiger partial charge in [0.05, 0.1) is 0 Å². The lowest BCUT2D eigenvalue weighted by atomic mass is 10.00. The topological polar surface area (TPSA) is 26.3 Å². The minimum atomic E-state index is -0.248. The number of carbonyl (C=O) groups excluding carboxylic acids is 1. The summed E-state index contributed by atoms with van der Waals surface area (Å²) in [5, 5.41) is 0. The van der Waals surface area contributed by atoms with Gasteiger partial charge in [0.25, 0.3) is 0 Å². The molecule has 0 aliphatic heterocycles. The summed E-state index contributed by atoms with van der Waals surface area (Å²) in [6.07, 6.45) is 0.476. The molecule has 0 saturated carbocycles. The van der Waals surface area contributed by atoms with E-state index in [4.69, 9.17) is 4.74 Å². The summed E-state index contributed by atoms with van der Waals surface area (Å²) in [5.41, 5.74) is 3.37. The summed E-state index contributed by atoms with van der Waals surface area (Å²) < 4.78 is 5.46. The Morgan fingerprint density at radius 1 is 1.11 bits per heavy atom. The van der Waals surface area contributed by atoms with Gasteiger partial charge in [0.15, 0.2) is 0 Å². The molecule has 0 fully saturated rings. The standard InChI is InChI=1S/C17H18O2/c1-13-7-6-10-16(11-13)17(19-14(2)18)12-15-8-4-3-5-9-15/h3-11,17H,12H2,1-2H3/t17-/m1/s1. The van der Waals surface area contributed by atoms with Crippen molar-refractivity contribution in [3.63, 3.8) is 0 Å². The first-order valence-corrected chi connectivity index (χ1v) is 6.43. The second-order valence-corrected chi connectivity index (χ2v) is 4.70. The maximum Gasteiger partial charge on any atom is 0.303 e. The van der Waals surface area contributed by atoms with Gasteiger partial charge in [0, 0.05) is 13.3 Å². The Morgan fingerprint density at radius 3 is 2.47 bits per heavy atom. The molecule has 0 radical (unpaired) electrons. The molecule has 2 heteroatoms. The summed E-state index contributed by atoms with van der Waals surface area (Å²) in [6.45, 7) is 3.49. The Hall–Kier alpha value is -2.09. The van der Waals surface area contributed by atoms with E-state index in [0.717, 1.165) is 11.1 Å². The van der Waals surface area contributed by atoms with E-state index in [9.17, 15) is 4.79 Å². The molecule has 1 atom stereocenters.